The van der Waals surface area contributed by atoms with Gasteiger partial charge in [0.2, 0.25) is 6.29 Å². The SMILES string of the molecule is O=C1N[C@]2(O)C[C@H]([C@@H]1[N+](=O)[O-])[C@H]1CO[C@@H]2O1. The summed E-state index contributed by atoms with van der Waals surface area (Å²) in [7, 11) is 0. The Morgan fingerprint density at radius 3 is 3.06 bits per heavy atom. The van der Waals surface area contributed by atoms with Gasteiger partial charge in [-0.05, 0) is 0 Å². The molecule has 4 bridgehead atoms. The zero-order valence-corrected chi connectivity index (χ0v) is 8.16. The van der Waals surface area contributed by atoms with E-state index in [-0.39, 0.29) is 13.0 Å². The summed E-state index contributed by atoms with van der Waals surface area (Å²) in [6.07, 6.45) is -1.29. The number of hydrogen-bond acceptors (Lipinski definition) is 6. The number of hydrogen-bond donors (Lipinski definition) is 2. The van der Waals surface area contributed by atoms with E-state index in [1.807, 2.05) is 0 Å². The number of aliphatic hydroxyl groups is 1. The van der Waals surface area contributed by atoms with Crippen LogP contribution in [0.2, 0.25) is 0 Å². The number of fused-ring (bicyclic) bond motifs is 6. The zero-order valence-electron chi connectivity index (χ0n) is 8.16. The quantitative estimate of drug-likeness (QED) is 0.406. The van der Waals surface area contributed by atoms with Gasteiger partial charge in [0.05, 0.1) is 18.6 Å². The van der Waals surface area contributed by atoms with Gasteiger partial charge in [0.15, 0.2) is 5.72 Å². The third kappa shape index (κ3) is 1.11. The molecule has 0 saturated carbocycles. The van der Waals surface area contributed by atoms with E-state index in [0.717, 1.165) is 0 Å². The van der Waals surface area contributed by atoms with Crippen molar-refractivity contribution >= 4 is 5.91 Å². The molecular weight excluding hydrogens is 220 g/mol. The molecule has 8 heteroatoms. The van der Waals surface area contributed by atoms with Crippen molar-refractivity contribution in [3.63, 3.8) is 0 Å². The summed E-state index contributed by atoms with van der Waals surface area (Å²) in [5.74, 6) is -1.40. The lowest BCUT2D eigenvalue weighted by Gasteiger charge is -2.44. The fourth-order valence-corrected chi connectivity index (χ4v) is 2.64. The van der Waals surface area contributed by atoms with Crippen LogP contribution in [-0.4, -0.2) is 46.7 Å². The minimum Gasteiger partial charge on any atom is -0.366 e. The van der Waals surface area contributed by atoms with E-state index in [1.165, 1.54) is 0 Å². The number of amides is 1. The average Bonchev–Trinajstić information content (AvgIpc) is 2.60. The van der Waals surface area contributed by atoms with E-state index in [2.05, 4.69) is 5.32 Å². The number of ether oxygens (including phenoxy) is 2. The van der Waals surface area contributed by atoms with Crippen LogP contribution in [0.4, 0.5) is 0 Å². The van der Waals surface area contributed by atoms with Crippen LogP contribution in [0.1, 0.15) is 6.42 Å². The van der Waals surface area contributed by atoms with Crippen molar-refractivity contribution < 1.29 is 24.3 Å². The van der Waals surface area contributed by atoms with Crippen LogP contribution in [0, 0.1) is 16.0 Å². The summed E-state index contributed by atoms with van der Waals surface area (Å²) in [5.41, 5.74) is -1.62. The smallest absolute Gasteiger partial charge is 0.297 e. The Balaban J connectivity index is 1.99. The summed E-state index contributed by atoms with van der Waals surface area (Å²) in [5, 5.41) is 23.1. The van der Waals surface area contributed by atoms with E-state index >= 15 is 0 Å². The van der Waals surface area contributed by atoms with Crippen LogP contribution in [-0.2, 0) is 14.3 Å². The molecule has 3 aliphatic heterocycles. The molecule has 3 heterocycles. The Morgan fingerprint density at radius 1 is 1.62 bits per heavy atom. The highest BCUT2D eigenvalue weighted by Gasteiger charge is 2.63. The normalized spacial score (nSPS) is 49.9. The van der Waals surface area contributed by atoms with E-state index in [4.69, 9.17) is 9.47 Å². The molecule has 3 rings (SSSR count). The van der Waals surface area contributed by atoms with Gasteiger partial charge in [-0.1, -0.05) is 0 Å². The molecule has 0 aromatic rings. The van der Waals surface area contributed by atoms with E-state index < -0.39 is 40.9 Å². The van der Waals surface area contributed by atoms with Crippen molar-refractivity contribution in [2.45, 2.75) is 30.6 Å². The van der Waals surface area contributed by atoms with E-state index in [0.29, 0.717) is 0 Å². The predicted octanol–water partition coefficient (Wildman–Crippen LogP) is -1.79. The number of rotatable bonds is 1. The van der Waals surface area contributed by atoms with Crippen molar-refractivity contribution in [2.75, 3.05) is 6.61 Å². The minimum atomic E-state index is -1.62. The summed E-state index contributed by atoms with van der Waals surface area (Å²) in [4.78, 5) is 21.7. The highest BCUT2D eigenvalue weighted by Crippen LogP contribution is 2.42. The molecule has 88 valence electrons. The fraction of sp³-hybridized carbons (Fsp3) is 0.875. The Hall–Kier alpha value is -1.25. The number of nitro groups is 1. The van der Waals surface area contributed by atoms with Gasteiger partial charge in [0.1, 0.15) is 0 Å². The first kappa shape index (κ1) is 9.94. The van der Waals surface area contributed by atoms with Crippen LogP contribution in [0.3, 0.4) is 0 Å². The van der Waals surface area contributed by atoms with Gasteiger partial charge in [-0.3, -0.25) is 14.9 Å². The Bertz CT molecular complexity index is 374. The molecule has 5 atom stereocenters. The molecular formula is C8H10N2O6. The number of nitrogens with zero attached hydrogens (tertiary/aromatic N) is 1. The number of carbonyl (C=O) groups is 1. The number of piperidine rings is 1. The van der Waals surface area contributed by atoms with Crippen LogP contribution in [0.5, 0.6) is 0 Å². The lowest BCUT2D eigenvalue weighted by atomic mass is 9.80. The predicted molar refractivity (Wildman–Crippen MR) is 46.6 cm³/mol. The monoisotopic (exact) mass is 230 g/mol. The third-order valence-corrected chi connectivity index (χ3v) is 3.37. The van der Waals surface area contributed by atoms with Crippen LogP contribution < -0.4 is 5.32 Å². The largest absolute Gasteiger partial charge is 0.366 e. The molecule has 3 aliphatic rings. The Morgan fingerprint density at radius 2 is 2.38 bits per heavy atom. The molecule has 1 amide bonds. The second-order valence-corrected chi connectivity index (χ2v) is 4.35. The first-order chi connectivity index (χ1) is 7.51. The summed E-state index contributed by atoms with van der Waals surface area (Å²) in [6.45, 7) is 0.178. The second-order valence-electron chi connectivity index (χ2n) is 4.35. The molecule has 0 aromatic carbocycles. The average molecular weight is 230 g/mol. The molecule has 0 spiro atoms. The van der Waals surface area contributed by atoms with Crippen molar-refractivity contribution in [2.24, 2.45) is 5.92 Å². The molecule has 0 aliphatic carbocycles. The molecule has 16 heavy (non-hydrogen) atoms. The fourth-order valence-electron chi connectivity index (χ4n) is 2.64. The van der Waals surface area contributed by atoms with Gasteiger partial charge < -0.3 is 19.9 Å². The number of carbonyl (C=O) groups excluding carboxylic acids is 1. The van der Waals surface area contributed by atoms with E-state index in [9.17, 15) is 20.0 Å². The highest BCUT2D eigenvalue weighted by atomic mass is 16.7. The zero-order chi connectivity index (χ0) is 11.5. The lowest BCUT2D eigenvalue weighted by molar-refractivity contribution is -0.526. The van der Waals surface area contributed by atoms with E-state index in [1.54, 1.807) is 0 Å². The molecule has 0 unspecified atom stereocenters. The Kier molecular flexibility index (Phi) is 1.80. The van der Waals surface area contributed by atoms with Crippen LogP contribution in [0.15, 0.2) is 0 Å². The van der Waals surface area contributed by atoms with Crippen molar-refractivity contribution in [3.8, 4) is 0 Å². The second kappa shape index (κ2) is 2.90. The standard InChI is InChI=1S/C8H10N2O6/c11-6-5(10(13)14)3-1-8(12,9-6)7-15-2-4(3)16-7/h3-5,7,12H,1-2H2,(H,9,11)/t3-,4+,5-,7+,8-/m0/s1. The molecule has 3 fully saturated rings. The third-order valence-electron chi connectivity index (χ3n) is 3.37. The van der Waals surface area contributed by atoms with Crippen molar-refractivity contribution in [1.82, 2.24) is 5.32 Å². The van der Waals surface area contributed by atoms with Crippen molar-refractivity contribution in [1.29, 1.82) is 0 Å². The van der Waals surface area contributed by atoms with Gasteiger partial charge >= 0.3 is 0 Å². The maximum absolute atomic E-state index is 11.5. The minimum absolute atomic E-state index is 0.0969. The van der Waals surface area contributed by atoms with Crippen LogP contribution >= 0.6 is 0 Å². The first-order valence-electron chi connectivity index (χ1n) is 4.96. The molecule has 2 N–H and O–H groups in total. The highest BCUT2D eigenvalue weighted by molar-refractivity contribution is 5.82. The Labute approximate surface area is 89.7 Å². The summed E-state index contributed by atoms with van der Waals surface area (Å²) in [6, 6.07) is -1.37. The topological polar surface area (TPSA) is 111 Å². The van der Waals surface area contributed by atoms with Gasteiger partial charge in [0.25, 0.3) is 11.9 Å². The molecule has 0 aromatic heterocycles. The van der Waals surface area contributed by atoms with Crippen LogP contribution in [0.25, 0.3) is 0 Å². The maximum Gasteiger partial charge on any atom is 0.297 e. The number of nitrogens with one attached hydrogen (secondary N) is 1. The first-order valence-corrected chi connectivity index (χ1v) is 4.96. The summed E-state index contributed by atoms with van der Waals surface area (Å²) >= 11 is 0. The molecule has 8 nitrogen and oxygen atoms in total. The van der Waals surface area contributed by atoms with Gasteiger partial charge in [-0.15, -0.1) is 0 Å². The van der Waals surface area contributed by atoms with Crippen molar-refractivity contribution in [3.05, 3.63) is 10.1 Å². The molecule has 0 radical (unpaired) electrons. The summed E-state index contributed by atoms with van der Waals surface area (Å²) < 4.78 is 10.5. The van der Waals surface area contributed by atoms with Gasteiger partial charge in [0, 0.05) is 11.3 Å². The lowest BCUT2D eigenvalue weighted by Crippen LogP contribution is -2.70. The molecule has 3 saturated heterocycles. The van der Waals surface area contributed by atoms with Gasteiger partial charge in [-0.25, -0.2) is 0 Å². The van der Waals surface area contributed by atoms with Gasteiger partial charge in [-0.2, -0.15) is 0 Å². The maximum atomic E-state index is 11.5.